The zero-order chi connectivity index (χ0) is 17.9. The molecule has 0 aromatic heterocycles. The number of nitrogens with two attached hydrogens (primary N) is 1. The summed E-state index contributed by atoms with van der Waals surface area (Å²) >= 11 is 0. The number of benzene rings is 2. The van der Waals surface area contributed by atoms with Gasteiger partial charge in [-0.25, -0.2) is 4.79 Å². The molecule has 0 radical (unpaired) electrons. The molecule has 1 saturated heterocycles. The molecule has 2 N–H and O–H groups in total. The fraction of sp³-hybridized carbons (Fsp3) is 0.318. The summed E-state index contributed by atoms with van der Waals surface area (Å²) in [6.45, 7) is 0.317. The van der Waals surface area contributed by atoms with Gasteiger partial charge in [-0.15, -0.1) is 0 Å². The van der Waals surface area contributed by atoms with Crippen LogP contribution in [0.4, 0.5) is 10.5 Å². The van der Waals surface area contributed by atoms with Crippen molar-refractivity contribution in [3.8, 4) is 0 Å². The molecule has 2 bridgehead atoms. The van der Waals surface area contributed by atoms with Crippen molar-refractivity contribution in [2.24, 2.45) is 0 Å². The third-order valence-electron chi connectivity index (χ3n) is 5.36. The number of nitrogen functional groups attached to an aromatic ring is 1. The molecule has 2 aliphatic heterocycles. The van der Waals surface area contributed by atoms with E-state index in [-0.39, 0.29) is 18.2 Å². The highest BCUT2D eigenvalue weighted by Crippen LogP contribution is 2.38. The molecule has 1 amide bonds. The summed E-state index contributed by atoms with van der Waals surface area (Å²) in [6, 6.07) is 18.1. The van der Waals surface area contributed by atoms with Gasteiger partial charge in [-0.2, -0.15) is 0 Å². The molecular formula is C22H24N2O2. The number of rotatable bonds is 3. The highest BCUT2D eigenvalue weighted by molar-refractivity contribution is 5.79. The normalized spacial score (nSPS) is 21.8. The van der Waals surface area contributed by atoms with Crippen molar-refractivity contribution in [3.63, 3.8) is 0 Å². The molecule has 0 spiro atoms. The number of amides is 1. The van der Waals surface area contributed by atoms with Crippen LogP contribution in [0.1, 0.15) is 36.8 Å². The van der Waals surface area contributed by atoms with E-state index in [4.69, 9.17) is 10.5 Å². The lowest BCUT2D eigenvalue weighted by Crippen LogP contribution is -2.51. The predicted molar refractivity (Wildman–Crippen MR) is 103 cm³/mol. The fourth-order valence-corrected chi connectivity index (χ4v) is 4.10. The van der Waals surface area contributed by atoms with Crippen molar-refractivity contribution in [3.05, 3.63) is 71.8 Å². The van der Waals surface area contributed by atoms with Crippen molar-refractivity contribution >= 4 is 17.4 Å². The highest BCUT2D eigenvalue weighted by Gasteiger charge is 2.38. The summed E-state index contributed by atoms with van der Waals surface area (Å²) in [7, 11) is 0. The number of nitrogens with zero attached hydrogens (tertiary/aromatic N) is 1. The molecule has 0 aliphatic carbocycles. The average Bonchev–Trinajstić information content (AvgIpc) is 2.66. The van der Waals surface area contributed by atoms with E-state index in [1.165, 1.54) is 5.57 Å². The molecule has 2 heterocycles. The number of hydrogen-bond acceptors (Lipinski definition) is 3. The second kappa shape index (κ2) is 7.24. The first kappa shape index (κ1) is 16.7. The standard InChI is InChI=1S/C22H24N2O2/c23-21-12-5-4-11-20(21)17-13-18-9-6-10-19(14-17)24(18)22(25)26-15-16-7-2-1-3-8-16/h1-5,7-8,11-13,18-19H,6,9-10,14-15,23H2. The summed E-state index contributed by atoms with van der Waals surface area (Å²) < 4.78 is 5.60. The minimum absolute atomic E-state index is 0.0976. The number of para-hydroxylation sites is 1. The van der Waals surface area contributed by atoms with Gasteiger partial charge in [0.1, 0.15) is 6.61 Å². The Labute approximate surface area is 154 Å². The zero-order valence-electron chi connectivity index (χ0n) is 14.8. The monoisotopic (exact) mass is 348 g/mol. The lowest BCUT2D eigenvalue weighted by Gasteiger charge is -2.44. The van der Waals surface area contributed by atoms with Crippen molar-refractivity contribution in [1.29, 1.82) is 0 Å². The van der Waals surface area contributed by atoms with Gasteiger partial charge < -0.3 is 10.5 Å². The third-order valence-corrected chi connectivity index (χ3v) is 5.36. The Morgan fingerprint density at radius 1 is 1.08 bits per heavy atom. The Morgan fingerprint density at radius 2 is 1.85 bits per heavy atom. The maximum absolute atomic E-state index is 12.7. The maximum Gasteiger partial charge on any atom is 0.410 e. The Hall–Kier alpha value is -2.75. The van der Waals surface area contributed by atoms with E-state index < -0.39 is 0 Å². The van der Waals surface area contributed by atoms with Crippen LogP contribution in [-0.2, 0) is 11.3 Å². The van der Waals surface area contributed by atoms with Crippen molar-refractivity contribution in [2.75, 3.05) is 5.73 Å². The van der Waals surface area contributed by atoms with Crippen molar-refractivity contribution in [1.82, 2.24) is 4.90 Å². The van der Waals surface area contributed by atoms with Crippen LogP contribution in [0, 0.1) is 0 Å². The molecule has 134 valence electrons. The van der Waals surface area contributed by atoms with Crippen molar-refractivity contribution < 1.29 is 9.53 Å². The summed E-state index contributed by atoms with van der Waals surface area (Å²) in [4.78, 5) is 14.7. The van der Waals surface area contributed by atoms with Gasteiger partial charge in [0, 0.05) is 17.3 Å². The van der Waals surface area contributed by atoms with Gasteiger partial charge in [0.2, 0.25) is 0 Å². The van der Waals surface area contributed by atoms with Gasteiger partial charge in [-0.3, -0.25) is 4.90 Å². The van der Waals surface area contributed by atoms with Crippen LogP contribution in [0.5, 0.6) is 0 Å². The van der Waals surface area contributed by atoms with Crippen LogP contribution in [0.2, 0.25) is 0 Å². The van der Waals surface area contributed by atoms with Gasteiger partial charge in [-0.1, -0.05) is 54.6 Å². The molecule has 2 aromatic rings. The Balaban J connectivity index is 1.51. The van der Waals surface area contributed by atoms with Crippen LogP contribution in [0.15, 0.2) is 60.7 Å². The fourth-order valence-electron chi connectivity index (χ4n) is 4.10. The average molecular weight is 348 g/mol. The Bertz CT molecular complexity index is 816. The third kappa shape index (κ3) is 3.32. The van der Waals surface area contributed by atoms with Gasteiger partial charge in [-0.05, 0) is 42.9 Å². The first-order chi connectivity index (χ1) is 12.7. The second-order valence-electron chi connectivity index (χ2n) is 7.08. The summed E-state index contributed by atoms with van der Waals surface area (Å²) in [5.74, 6) is 0. The number of piperidine rings is 1. The van der Waals surface area contributed by atoms with Crippen LogP contribution < -0.4 is 5.73 Å². The van der Waals surface area contributed by atoms with Gasteiger partial charge in [0.25, 0.3) is 0 Å². The van der Waals surface area contributed by atoms with Crippen molar-refractivity contribution in [2.45, 2.75) is 44.4 Å². The number of carbonyl (C=O) groups is 1. The van der Waals surface area contributed by atoms with Gasteiger partial charge in [0.05, 0.1) is 6.04 Å². The van der Waals surface area contributed by atoms with E-state index in [1.807, 2.05) is 53.4 Å². The van der Waals surface area contributed by atoms with Crippen LogP contribution in [-0.4, -0.2) is 23.1 Å². The zero-order valence-corrected chi connectivity index (χ0v) is 14.8. The minimum Gasteiger partial charge on any atom is -0.445 e. The Kier molecular flexibility index (Phi) is 4.65. The topological polar surface area (TPSA) is 55.6 Å². The molecule has 4 nitrogen and oxygen atoms in total. The lowest BCUT2D eigenvalue weighted by molar-refractivity contribution is 0.0510. The van der Waals surface area contributed by atoms with Crippen LogP contribution in [0.25, 0.3) is 5.57 Å². The molecule has 2 aliphatic rings. The SMILES string of the molecule is Nc1ccccc1C1=CC2CCCC(C1)N2C(=O)OCc1ccccc1. The largest absolute Gasteiger partial charge is 0.445 e. The summed E-state index contributed by atoms with van der Waals surface area (Å²) in [5, 5.41) is 0. The maximum atomic E-state index is 12.7. The molecular weight excluding hydrogens is 324 g/mol. The first-order valence-electron chi connectivity index (χ1n) is 9.27. The molecule has 1 fully saturated rings. The molecule has 2 atom stereocenters. The van der Waals surface area contributed by atoms with E-state index >= 15 is 0 Å². The highest BCUT2D eigenvalue weighted by atomic mass is 16.6. The molecule has 2 aromatic carbocycles. The quantitative estimate of drug-likeness (QED) is 0.824. The first-order valence-corrected chi connectivity index (χ1v) is 9.27. The van der Waals surface area contributed by atoms with E-state index in [0.29, 0.717) is 6.61 Å². The number of ether oxygens (including phenoxy) is 1. The van der Waals surface area contributed by atoms with E-state index in [9.17, 15) is 4.79 Å². The second-order valence-corrected chi connectivity index (χ2v) is 7.08. The smallest absolute Gasteiger partial charge is 0.410 e. The number of fused-ring (bicyclic) bond motifs is 2. The van der Waals surface area contributed by atoms with E-state index in [2.05, 4.69) is 12.1 Å². The van der Waals surface area contributed by atoms with E-state index in [1.54, 1.807) is 0 Å². The number of anilines is 1. The molecule has 4 heteroatoms. The van der Waals surface area contributed by atoms with Crippen LogP contribution in [0.3, 0.4) is 0 Å². The summed E-state index contributed by atoms with van der Waals surface area (Å²) in [5.41, 5.74) is 10.3. The number of hydrogen-bond donors (Lipinski definition) is 1. The molecule has 0 saturated carbocycles. The minimum atomic E-state index is -0.208. The predicted octanol–water partition coefficient (Wildman–Crippen LogP) is 4.62. The van der Waals surface area contributed by atoms with Crippen LogP contribution >= 0.6 is 0 Å². The molecule has 26 heavy (non-hydrogen) atoms. The molecule has 2 unspecified atom stereocenters. The summed E-state index contributed by atoms with van der Waals surface area (Å²) in [6.07, 6.45) is 5.98. The van der Waals surface area contributed by atoms with E-state index in [0.717, 1.165) is 42.5 Å². The number of carbonyl (C=O) groups excluding carboxylic acids is 1. The van der Waals surface area contributed by atoms with Gasteiger partial charge in [0.15, 0.2) is 0 Å². The molecule has 4 rings (SSSR count). The lowest BCUT2D eigenvalue weighted by atomic mass is 9.83. The van der Waals surface area contributed by atoms with Gasteiger partial charge >= 0.3 is 6.09 Å². The Morgan fingerprint density at radius 3 is 2.62 bits per heavy atom.